The van der Waals surface area contributed by atoms with E-state index in [1.54, 1.807) is 19.3 Å². The second-order valence-electron chi connectivity index (χ2n) is 3.85. The van der Waals surface area contributed by atoms with E-state index in [-0.39, 0.29) is 5.91 Å². The molecular formula is C15H14N2O. The minimum absolute atomic E-state index is 0.0873. The van der Waals surface area contributed by atoms with E-state index in [9.17, 15) is 4.79 Å². The fraction of sp³-hybridized carbons (Fsp3) is 0.0667. The molecule has 1 aliphatic rings. The van der Waals surface area contributed by atoms with Gasteiger partial charge in [-0.05, 0) is 17.7 Å². The summed E-state index contributed by atoms with van der Waals surface area (Å²) < 4.78 is 0. The number of rotatable bonds is 3. The van der Waals surface area contributed by atoms with Gasteiger partial charge in [0, 0.05) is 30.1 Å². The summed E-state index contributed by atoms with van der Waals surface area (Å²) >= 11 is 0. The second-order valence-corrected chi connectivity index (χ2v) is 3.85. The highest BCUT2D eigenvalue weighted by molar-refractivity contribution is 6.32. The third kappa shape index (κ3) is 2.30. The molecule has 0 unspecified atom stereocenters. The summed E-state index contributed by atoms with van der Waals surface area (Å²) in [6.07, 6.45) is 7.00. The summed E-state index contributed by atoms with van der Waals surface area (Å²) in [6.45, 7) is 3.65. The van der Waals surface area contributed by atoms with Crippen LogP contribution in [0.2, 0.25) is 0 Å². The molecule has 0 saturated carbocycles. The Hall–Kier alpha value is -2.42. The van der Waals surface area contributed by atoms with Gasteiger partial charge in [0.15, 0.2) is 0 Å². The number of carbonyl (C=O) groups is 1. The van der Waals surface area contributed by atoms with Crippen LogP contribution in [0.15, 0.2) is 59.6 Å². The van der Waals surface area contributed by atoms with Crippen LogP contribution in [0.3, 0.4) is 0 Å². The minimum Gasteiger partial charge on any atom is -0.321 e. The Morgan fingerprint density at radius 1 is 1.39 bits per heavy atom. The van der Waals surface area contributed by atoms with Crippen molar-refractivity contribution < 1.29 is 4.79 Å². The lowest BCUT2D eigenvalue weighted by molar-refractivity contribution is -0.110. The lowest BCUT2D eigenvalue weighted by Gasteiger charge is -1.97. The SMILES string of the molecule is C=C/C=C(C=NC)/C=C1\C(=O)Nc2ccccc21. The zero-order valence-corrected chi connectivity index (χ0v) is 10.2. The van der Waals surface area contributed by atoms with Crippen LogP contribution in [-0.4, -0.2) is 19.2 Å². The fourth-order valence-corrected chi connectivity index (χ4v) is 1.86. The molecule has 2 rings (SSSR count). The lowest BCUT2D eigenvalue weighted by atomic mass is 10.0. The van der Waals surface area contributed by atoms with Gasteiger partial charge in [0.1, 0.15) is 0 Å². The molecule has 0 bridgehead atoms. The zero-order valence-electron chi connectivity index (χ0n) is 10.2. The van der Waals surface area contributed by atoms with E-state index in [1.807, 2.05) is 36.4 Å². The Kier molecular flexibility index (Phi) is 3.53. The van der Waals surface area contributed by atoms with Crippen LogP contribution in [0.5, 0.6) is 0 Å². The van der Waals surface area contributed by atoms with Crippen LogP contribution in [-0.2, 0) is 4.79 Å². The zero-order chi connectivity index (χ0) is 13.0. The summed E-state index contributed by atoms with van der Waals surface area (Å²) in [6, 6.07) is 7.63. The molecular weight excluding hydrogens is 224 g/mol. The van der Waals surface area contributed by atoms with E-state index < -0.39 is 0 Å². The van der Waals surface area contributed by atoms with E-state index in [4.69, 9.17) is 0 Å². The Labute approximate surface area is 106 Å². The first kappa shape index (κ1) is 12.0. The third-order valence-electron chi connectivity index (χ3n) is 2.61. The van der Waals surface area contributed by atoms with Crippen LogP contribution in [0.4, 0.5) is 5.69 Å². The third-order valence-corrected chi connectivity index (χ3v) is 2.61. The molecule has 0 fully saturated rings. The quantitative estimate of drug-likeness (QED) is 0.491. The first-order valence-electron chi connectivity index (χ1n) is 5.63. The number of nitrogens with zero attached hydrogens (tertiary/aromatic N) is 1. The van der Waals surface area contributed by atoms with Crippen molar-refractivity contribution in [1.82, 2.24) is 0 Å². The molecule has 0 spiro atoms. The van der Waals surface area contributed by atoms with Gasteiger partial charge >= 0.3 is 0 Å². The minimum atomic E-state index is -0.0873. The number of hydrogen-bond donors (Lipinski definition) is 1. The first-order valence-corrected chi connectivity index (χ1v) is 5.63. The van der Waals surface area contributed by atoms with E-state index in [0.29, 0.717) is 5.57 Å². The highest BCUT2D eigenvalue weighted by Gasteiger charge is 2.23. The van der Waals surface area contributed by atoms with Crippen molar-refractivity contribution >= 4 is 23.4 Å². The van der Waals surface area contributed by atoms with Gasteiger partial charge in [0.05, 0.1) is 0 Å². The van der Waals surface area contributed by atoms with Crippen LogP contribution < -0.4 is 5.32 Å². The molecule has 1 aliphatic heterocycles. The Morgan fingerprint density at radius 2 is 2.17 bits per heavy atom. The summed E-state index contributed by atoms with van der Waals surface area (Å²) in [5.41, 5.74) is 3.26. The predicted octanol–water partition coefficient (Wildman–Crippen LogP) is 2.84. The fourth-order valence-electron chi connectivity index (χ4n) is 1.86. The van der Waals surface area contributed by atoms with Crippen molar-refractivity contribution in [3.63, 3.8) is 0 Å². The van der Waals surface area contributed by atoms with Crippen molar-refractivity contribution in [3.8, 4) is 0 Å². The Balaban J connectivity index is 2.47. The number of amides is 1. The van der Waals surface area contributed by atoms with Gasteiger partial charge < -0.3 is 5.32 Å². The van der Waals surface area contributed by atoms with E-state index >= 15 is 0 Å². The van der Waals surface area contributed by atoms with Crippen molar-refractivity contribution in [2.45, 2.75) is 0 Å². The van der Waals surface area contributed by atoms with Crippen molar-refractivity contribution in [3.05, 3.63) is 60.2 Å². The number of anilines is 1. The van der Waals surface area contributed by atoms with Gasteiger partial charge in [-0.2, -0.15) is 0 Å². The number of fused-ring (bicyclic) bond motifs is 1. The molecule has 1 aromatic carbocycles. The first-order chi connectivity index (χ1) is 8.76. The molecule has 90 valence electrons. The average Bonchev–Trinajstić information content (AvgIpc) is 2.67. The van der Waals surface area contributed by atoms with Gasteiger partial charge in [-0.25, -0.2) is 0 Å². The number of carbonyl (C=O) groups excluding carboxylic acids is 1. The topological polar surface area (TPSA) is 41.5 Å². The number of para-hydroxylation sites is 1. The smallest absolute Gasteiger partial charge is 0.256 e. The van der Waals surface area contributed by atoms with Crippen molar-refractivity contribution in [1.29, 1.82) is 0 Å². The molecule has 18 heavy (non-hydrogen) atoms. The number of aliphatic imine (C=N–C) groups is 1. The van der Waals surface area contributed by atoms with Crippen LogP contribution in [0.1, 0.15) is 5.56 Å². The molecule has 1 heterocycles. The summed E-state index contributed by atoms with van der Waals surface area (Å²) in [5, 5.41) is 2.83. The molecule has 1 N–H and O–H groups in total. The maximum absolute atomic E-state index is 11.9. The van der Waals surface area contributed by atoms with Gasteiger partial charge in [-0.3, -0.25) is 9.79 Å². The lowest BCUT2D eigenvalue weighted by Crippen LogP contribution is -2.04. The molecule has 0 aromatic heterocycles. The van der Waals surface area contributed by atoms with E-state index in [0.717, 1.165) is 16.8 Å². The van der Waals surface area contributed by atoms with Crippen molar-refractivity contribution in [2.75, 3.05) is 12.4 Å². The largest absolute Gasteiger partial charge is 0.321 e. The standard InChI is InChI=1S/C15H14N2O/c1-3-6-11(10-16-2)9-13-12-7-4-5-8-14(12)17-15(13)18/h3-10H,1H2,2H3,(H,17,18)/b11-6-,13-9-,16-10?. The van der Waals surface area contributed by atoms with E-state index in [2.05, 4.69) is 16.9 Å². The molecule has 0 aliphatic carbocycles. The Morgan fingerprint density at radius 3 is 2.89 bits per heavy atom. The molecule has 0 atom stereocenters. The summed E-state index contributed by atoms with van der Waals surface area (Å²) in [5.74, 6) is -0.0873. The summed E-state index contributed by atoms with van der Waals surface area (Å²) in [4.78, 5) is 15.9. The van der Waals surface area contributed by atoms with Crippen LogP contribution in [0.25, 0.3) is 5.57 Å². The van der Waals surface area contributed by atoms with Gasteiger partial charge in [0.2, 0.25) is 0 Å². The van der Waals surface area contributed by atoms with Gasteiger partial charge in [0.25, 0.3) is 5.91 Å². The molecule has 3 nitrogen and oxygen atoms in total. The number of benzene rings is 1. The Bertz CT molecular complexity index is 580. The number of allylic oxidation sites excluding steroid dienone is 4. The summed E-state index contributed by atoms with van der Waals surface area (Å²) in [7, 11) is 1.69. The predicted molar refractivity (Wildman–Crippen MR) is 75.7 cm³/mol. The monoisotopic (exact) mass is 238 g/mol. The second kappa shape index (κ2) is 5.27. The molecule has 0 saturated heterocycles. The number of nitrogens with one attached hydrogen (secondary N) is 1. The maximum Gasteiger partial charge on any atom is 0.256 e. The van der Waals surface area contributed by atoms with Gasteiger partial charge in [-0.1, -0.05) is 36.9 Å². The normalized spacial score (nSPS) is 17.1. The average molecular weight is 238 g/mol. The highest BCUT2D eigenvalue weighted by Crippen LogP contribution is 2.31. The van der Waals surface area contributed by atoms with Crippen molar-refractivity contribution in [2.24, 2.45) is 4.99 Å². The van der Waals surface area contributed by atoms with Crippen LogP contribution in [0, 0.1) is 0 Å². The van der Waals surface area contributed by atoms with Crippen LogP contribution >= 0.6 is 0 Å². The number of hydrogen-bond acceptors (Lipinski definition) is 2. The molecule has 1 amide bonds. The molecule has 3 heteroatoms. The molecule has 1 aromatic rings. The van der Waals surface area contributed by atoms with Gasteiger partial charge in [-0.15, -0.1) is 0 Å². The van der Waals surface area contributed by atoms with E-state index in [1.165, 1.54) is 0 Å². The maximum atomic E-state index is 11.9. The molecule has 0 radical (unpaired) electrons. The highest BCUT2D eigenvalue weighted by atomic mass is 16.2.